The Morgan fingerprint density at radius 3 is 2.63 bits per heavy atom. The van der Waals surface area contributed by atoms with Crippen molar-refractivity contribution < 1.29 is 9.59 Å². The molecule has 7 heteroatoms. The van der Waals surface area contributed by atoms with E-state index in [4.69, 9.17) is 0 Å². The number of ketones is 1. The van der Waals surface area contributed by atoms with Crippen LogP contribution in [-0.2, 0) is 0 Å². The average Bonchev–Trinajstić information content (AvgIpc) is 3.12. The highest BCUT2D eigenvalue weighted by Gasteiger charge is 2.25. The number of hydrogen-bond acceptors (Lipinski definition) is 4. The SMILES string of the molecule is CC(=O)c1cccc(NC(=O)N2CCC(n3nnc4ccccc43)CC2)c1. The molecule has 1 aliphatic rings. The van der Waals surface area contributed by atoms with Crippen LogP contribution in [0.25, 0.3) is 11.0 Å². The molecule has 4 rings (SSSR count). The molecule has 1 aromatic heterocycles. The van der Waals surface area contributed by atoms with E-state index in [0.29, 0.717) is 24.3 Å². The Bertz CT molecular complexity index is 989. The lowest BCUT2D eigenvalue weighted by atomic mass is 10.1. The summed E-state index contributed by atoms with van der Waals surface area (Å²) in [6.07, 6.45) is 1.66. The molecule has 1 aliphatic heterocycles. The summed E-state index contributed by atoms with van der Waals surface area (Å²) in [6, 6.07) is 15.0. The van der Waals surface area contributed by atoms with Crippen molar-refractivity contribution in [2.75, 3.05) is 18.4 Å². The summed E-state index contributed by atoms with van der Waals surface area (Å²) >= 11 is 0. The lowest BCUT2D eigenvalue weighted by molar-refractivity contribution is 0.101. The molecule has 27 heavy (non-hydrogen) atoms. The van der Waals surface area contributed by atoms with Crippen molar-refractivity contribution in [3.8, 4) is 0 Å². The van der Waals surface area contributed by atoms with Gasteiger partial charge in [-0.1, -0.05) is 29.5 Å². The number of amides is 2. The van der Waals surface area contributed by atoms with Crippen molar-refractivity contribution in [3.63, 3.8) is 0 Å². The molecule has 0 saturated carbocycles. The van der Waals surface area contributed by atoms with E-state index >= 15 is 0 Å². The van der Waals surface area contributed by atoms with Crippen LogP contribution >= 0.6 is 0 Å². The normalized spacial score (nSPS) is 15.1. The van der Waals surface area contributed by atoms with Gasteiger partial charge in [0, 0.05) is 24.3 Å². The van der Waals surface area contributed by atoms with Crippen LogP contribution in [0, 0.1) is 0 Å². The molecule has 0 atom stereocenters. The topological polar surface area (TPSA) is 80.1 Å². The van der Waals surface area contributed by atoms with E-state index in [-0.39, 0.29) is 17.9 Å². The molecule has 2 aromatic carbocycles. The van der Waals surface area contributed by atoms with E-state index in [1.807, 2.05) is 28.9 Å². The number of carbonyl (C=O) groups excluding carboxylic acids is 2. The largest absolute Gasteiger partial charge is 0.324 e. The number of nitrogens with one attached hydrogen (secondary N) is 1. The van der Waals surface area contributed by atoms with Gasteiger partial charge in [0.05, 0.1) is 11.6 Å². The lowest BCUT2D eigenvalue weighted by Crippen LogP contribution is -2.41. The van der Waals surface area contributed by atoms with Crippen LogP contribution < -0.4 is 5.32 Å². The van der Waals surface area contributed by atoms with E-state index in [1.165, 1.54) is 6.92 Å². The fourth-order valence-electron chi connectivity index (χ4n) is 3.49. The summed E-state index contributed by atoms with van der Waals surface area (Å²) in [5, 5.41) is 11.4. The van der Waals surface area contributed by atoms with Crippen LogP contribution in [0.1, 0.15) is 36.2 Å². The number of rotatable bonds is 3. The minimum Gasteiger partial charge on any atom is -0.324 e. The first kappa shape index (κ1) is 17.2. The molecule has 0 radical (unpaired) electrons. The summed E-state index contributed by atoms with van der Waals surface area (Å²) in [5.41, 5.74) is 3.14. The Balaban J connectivity index is 1.39. The Hall–Kier alpha value is -3.22. The zero-order valence-electron chi connectivity index (χ0n) is 15.1. The Morgan fingerprint density at radius 1 is 1.07 bits per heavy atom. The van der Waals surface area contributed by atoms with E-state index in [9.17, 15) is 9.59 Å². The highest BCUT2D eigenvalue weighted by Crippen LogP contribution is 2.25. The molecule has 3 aromatic rings. The smallest absolute Gasteiger partial charge is 0.321 e. The fraction of sp³-hybridized carbons (Fsp3) is 0.300. The minimum absolute atomic E-state index is 0.0213. The predicted molar refractivity (Wildman–Crippen MR) is 103 cm³/mol. The molecule has 138 valence electrons. The summed E-state index contributed by atoms with van der Waals surface area (Å²) in [6.45, 7) is 2.81. The maximum Gasteiger partial charge on any atom is 0.321 e. The molecule has 2 heterocycles. The highest BCUT2D eigenvalue weighted by molar-refractivity contribution is 5.96. The van der Waals surface area contributed by atoms with Crippen LogP contribution in [-0.4, -0.2) is 44.8 Å². The molecule has 1 saturated heterocycles. The lowest BCUT2D eigenvalue weighted by Gasteiger charge is -2.32. The summed E-state index contributed by atoms with van der Waals surface area (Å²) in [7, 11) is 0. The van der Waals surface area contributed by atoms with Gasteiger partial charge in [-0.2, -0.15) is 0 Å². The third-order valence-electron chi connectivity index (χ3n) is 5.00. The highest BCUT2D eigenvalue weighted by atomic mass is 16.2. The number of anilines is 1. The van der Waals surface area contributed by atoms with Gasteiger partial charge in [0.15, 0.2) is 5.78 Å². The average molecular weight is 363 g/mol. The van der Waals surface area contributed by atoms with Gasteiger partial charge < -0.3 is 10.2 Å². The molecule has 0 spiro atoms. The molecular weight excluding hydrogens is 342 g/mol. The number of hydrogen-bond donors (Lipinski definition) is 1. The Labute approximate surface area is 157 Å². The van der Waals surface area contributed by atoms with E-state index in [1.54, 1.807) is 29.2 Å². The quantitative estimate of drug-likeness (QED) is 0.722. The zero-order chi connectivity index (χ0) is 18.8. The maximum absolute atomic E-state index is 12.5. The minimum atomic E-state index is -0.141. The van der Waals surface area contributed by atoms with Crippen molar-refractivity contribution >= 4 is 28.5 Å². The summed E-state index contributed by atoms with van der Waals surface area (Å²) < 4.78 is 1.97. The van der Waals surface area contributed by atoms with Crippen molar-refractivity contribution in [3.05, 3.63) is 54.1 Å². The number of para-hydroxylation sites is 1. The van der Waals surface area contributed by atoms with Gasteiger partial charge in [0.1, 0.15) is 5.52 Å². The number of likely N-dealkylation sites (tertiary alicyclic amines) is 1. The first-order valence-corrected chi connectivity index (χ1v) is 9.08. The van der Waals surface area contributed by atoms with Crippen molar-refractivity contribution in [2.24, 2.45) is 0 Å². The maximum atomic E-state index is 12.5. The first-order chi connectivity index (χ1) is 13.1. The van der Waals surface area contributed by atoms with E-state index in [2.05, 4.69) is 15.6 Å². The van der Waals surface area contributed by atoms with Crippen molar-refractivity contribution in [1.29, 1.82) is 0 Å². The second-order valence-electron chi connectivity index (χ2n) is 6.81. The number of benzene rings is 2. The third-order valence-corrected chi connectivity index (χ3v) is 5.00. The second kappa shape index (κ2) is 7.19. The van der Waals surface area contributed by atoms with Crippen LogP contribution in [0.15, 0.2) is 48.5 Å². The third kappa shape index (κ3) is 3.53. The van der Waals surface area contributed by atoms with Gasteiger partial charge in [-0.25, -0.2) is 9.48 Å². The Morgan fingerprint density at radius 2 is 1.85 bits per heavy atom. The van der Waals surface area contributed by atoms with E-state index < -0.39 is 0 Å². The zero-order valence-corrected chi connectivity index (χ0v) is 15.1. The molecule has 2 amide bonds. The van der Waals surface area contributed by atoms with Gasteiger partial charge >= 0.3 is 6.03 Å². The molecule has 0 aliphatic carbocycles. The van der Waals surface area contributed by atoms with Gasteiger partial charge in [-0.05, 0) is 44.0 Å². The fourth-order valence-corrected chi connectivity index (χ4v) is 3.49. The monoisotopic (exact) mass is 363 g/mol. The number of fused-ring (bicyclic) bond motifs is 1. The number of carbonyl (C=O) groups is 2. The molecule has 1 fully saturated rings. The van der Waals surface area contributed by atoms with Crippen molar-refractivity contribution in [1.82, 2.24) is 19.9 Å². The van der Waals surface area contributed by atoms with Gasteiger partial charge in [-0.15, -0.1) is 5.10 Å². The molecule has 0 bridgehead atoms. The van der Waals surface area contributed by atoms with Crippen LogP contribution in [0.4, 0.5) is 10.5 Å². The summed E-state index contributed by atoms with van der Waals surface area (Å²) in [4.78, 5) is 25.8. The molecular formula is C20H21N5O2. The number of piperidine rings is 1. The van der Waals surface area contributed by atoms with Crippen LogP contribution in [0.3, 0.4) is 0 Å². The van der Waals surface area contributed by atoms with Crippen LogP contribution in [0.5, 0.6) is 0 Å². The summed E-state index contributed by atoms with van der Waals surface area (Å²) in [5.74, 6) is -0.0213. The van der Waals surface area contributed by atoms with Gasteiger partial charge in [-0.3, -0.25) is 4.79 Å². The van der Waals surface area contributed by atoms with Gasteiger partial charge in [0.25, 0.3) is 0 Å². The van der Waals surface area contributed by atoms with E-state index in [0.717, 1.165) is 23.9 Å². The second-order valence-corrected chi connectivity index (χ2v) is 6.81. The number of Topliss-reactive ketones (excluding diaryl/α,β-unsaturated/α-hetero) is 1. The van der Waals surface area contributed by atoms with Crippen LogP contribution in [0.2, 0.25) is 0 Å². The molecule has 7 nitrogen and oxygen atoms in total. The van der Waals surface area contributed by atoms with Crippen molar-refractivity contribution in [2.45, 2.75) is 25.8 Å². The first-order valence-electron chi connectivity index (χ1n) is 9.08. The standard InChI is InChI=1S/C20H21N5O2/c1-14(26)15-5-4-6-16(13-15)21-20(27)24-11-9-17(10-12-24)25-19-8-3-2-7-18(19)22-23-25/h2-8,13,17H,9-12H2,1H3,(H,21,27). The Kier molecular flexibility index (Phi) is 4.58. The molecule has 0 unspecified atom stereocenters. The molecule has 1 N–H and O–H groups in total. The number of aromatic nitrogens is 3. The number of urea groups is 1. The van der Waals surface area contributed by atoms with Gasteiger partial charge in [0.2, 0.25) is 0 Å². The predicted octanol–water partition coefficient (Wildman–Crippen LogP) is 3.50. The number of nitrogens with zero attached hydrogens (tertiary/aromatic N) is 4.